The molecule has 0 saturated carbocycles. The van der Waals surface area contributed by atoms with Gasteiger partial charge < -0.3 is 15.7 Å². The third-order valence-electron chi connectivity index (χ3n) is 3.95. The number of amides is 2. The van der Waals surface area contributed by atoms with E-state index < -0.39 is 5.60 Å². The number of urea groups is 1. The van der Waals surface area contributed by atoms with E-state index >= 15 is 0 Å². The molecule has 1 aliphatic heterocycles. The molecular weight excluding hydrogens is 320 g/mol. The molecule has 0 aromatic heterocycles. The van der Waals surface area contributed by atoms with Crippen LogP contribution in [0.2, 0.25) is 5.02 Å². The van der Waals surface area contributed by atoms with Crippen molar-refractivity contribution in [3.8, 4) is 0 Å². The number of aliphatic hydroxyl groups is 1. The van der Waals surface area contributed by atoms with Crippen molar-refractivity contribution in [1.29, 1.82) is 0 Å². The number of rotatable bonds is 5. The Labute approximate surface area is 141 Å². The number of carbonyl (C=O) groups excluding carboxylic acids is 1. The summed E-state index contributed by atoms with van der Waals surface area (Å²) in [6.07, 6.45) is 0.725. The third kappa shape index (κ3) is 4.54. The number of carbonyl (C=O) groups is 1. The summed E-state index contributed by atoms with van der Waals surface area (Å²) in [5.74, 6) is 1.62. The molecule has 1 heterocycles. The number of hydrogen-bond donors (Lipinski definition) is 3. The van der Waals surface area contributed by atoms with Crippen LogP contribution < -0.4 is 10.6 Å². The SMILES string of the molecule is CC(C)(CNC(=O)NCC1(O)CCSC1)c1ccccc1Cl. The molecule has 1 aliphatic rings. The van der Waals surface area contributed by atoms with E-state index in [0.29, 0.717) is 23.9 Å². The van der Waals surface area contributed by atoms with Crippen LogP contribution in [0.5, 0.6) is 0 Å². The lowest BCUT2D eigenvalue weighted by atomic mass is 9.84. The van der Waals surface area contributed by atoms with Gasteiger partial charge in [-0.15, -0.1) is 0 Å². The number of benzene rings is 1. The van der Waals surface area contributed by atoms with E-state index in [4.69, 9.17) is 11.6 Å². The molecule has 6 heteroatoms. The van der Waals surface area contributed by atoms with Gasteiger partial charge >= 0.3 is 6.03 Å². The zero-order chi connectivity index (χ0) is 16.2. The Hall–Kier alpha value is -0.910. The highest BCUT2D eigenvalue weighted by atomic mass is 35.5. The quantitative estimate of drug-likeness (QED) is 0.771. The van der Waals surface area contributed by atoms with Gasteiger partial charge in [0.1, 0.15) is 0 Å². The molecule has 2 amide bonds. The first-order valence-electron chi connectivity index (χ1n) is 7.39. The van der Waals surface area contributed by atoms with Crippen molar-refractivity contribution < 1.29 is 9.90 Å². The van der Waals surface area contributed by atoms with Crippen molar-refractivity contribution >= 4 is 29.4 Å². The lowest BCUT2D eigenvalue weighted by Crippen LogP contribution is -2.48. The van der Waals surface area contributed by atoms with Crippen LogP contribution in [0.4, 0.5) is 4.79 Å². The van der Waals surface area contributed by atoms with E-state index in [1.807, 2.05) is 38.1 Å². The monoisotopic (exact) mass is 342 g/mol. The summed E-state index contributed by atoms with van der Waals surface area (Å²) in [5, 5.41) is 16.5. The van der Waals surface area contributed by atoms with Gasteiger partial charge in [0, 0.05) is 29.3 Å². The maximum atomic E-state index is 11.9. The van der Waals surface area contributed by atoms with Gasteiger partial charge in [0.05, 0.1) is 5.60 Å². The van der Waals surface area contributed by atoms with Crippen LogP contribution in [0, 0.1) is 0 Å². The number of thioether (sulfide) groups is 1. The van der Waals surface area contributed by atoms with Crippen LogP contribution in [0.25, 0.3) is 0 Å². The summed E-state index contributed by atoms with van der Waals surface area (Å²) < 4.78 is 0. The van der Waals surface area contributed by atoms with Crippen molar-refractivity contribution in [2.45, 2.75) is 31.3 Å². The molecule has 0 aliphatic carbocycles. The standard InChI is InChI=1S/C16H23ClN2O2S/c1-15(2,12-5-3-4-6-13(12)17)9-18-14(20)19-10-16(21)7-8-22-11-16/h3-6,21H,7-11H2,1-2H3,(H2,18,19,20). The van der Waals surface area contributed by atoms with Gasteiger partial charge in [-0.05, 0) is 23.8 Å². The van der Waals surface area contributed by atoms with E-state index in [1.54, 1.807) is 11.8 Å². The molecule has 22 heavy (non-hydrogen) atoms. The zero-order valence-corrected chi connectivity index (χ0v) is 14.6. The minimum absolute atomic E-state index is 0.259. The molecule has 1 unspecified atom stereocenters. The highest BCUT2D eigenvalue weighted by Crippen LogP contribution is 2.29. The predicted octanol–water partition coefficient (Wildman–Crippen LogP) is 2.78. The summed E-state index contributed by atoms with van der Waals surface area (Å²) in [7, 11) is 0. The zero-order valence-electron chi connectivity index (χ0n) is 13.0. The van der Waals surface area contributed by atoms with E-state index in [2.05, 4.69) is 10.6 Å². The molecule has 4 nitrogen and oxygen atoms in total. The number of halogens is 1. The molecular formula is C16H23ClN2O2S. The largest absolute Gasteiger partial charge is 0.387 e. The van der Waals surface area contributed by atoms with Gasteiger partial charge in [-0.25, -0.2) is 4.79 Å². The van der Waals surface area contributed by atoms with Crippen molar-refractivity contribution in [2.75, 3.05) is 24.6 Å². The molecule has 1 atom stereocenters. The lowest BCUT2D eigenvalue weighted by Gasteiger charge is -2.27. The van der Waals surface area contributed by atoms with Gasteiger partial charge in [-0.3, -0.25) is 0 Å². The summed E-state index contributed by atoms with van der Waals surface area (Å²) in [6.45, 7) is 4.83. The topological polar surface area (TPSA) is 61.4 Å². The van der Waals surface area contributed by atoms with Crippen LogP contribution in [-0.2, 0) is 5.41 Å². The van der Waals surface area contributed by atoms with E-state index in [-0.39, 0.29) is 11.4 Å². The highest BCUT2D eigenvalue weighted by molar-refractivity contribution is 7.99. The molecule has 0 bridgehead atoms. The highest BCUT2D eigenvalue weighted by Gasteiger charge is 2.32. The molecule has 3 N–H and O–H groups in total. The number of nitrogens with one attached hydrogen (secondary N) is 2. The predicted molar refractivity (Wildman–Crippen MR) is 92.8 cm³/mol. The Bertz CT molecular complexity index is 531. The van der Waals surface area contributed by atoms with Crippen LogP contribution >= 0.6 is 23.4 Å². The van der Waals surface area contributed by atoms with Gasteiger partial charge in [0.25, 0.3) is 0 Å². The fourth-order valence-electron chi connectivity index (χ4n) is 2.45. The van der Waals surface area contributed by atoms with E-state index in [1.165, 1.54) is 0 Å². The maximum Gasteiger partial charge on any atom is 0.314 e. The molecule has 1 aromatic rings. The van der Waals surface area contributed by atoms with Crippen molar-refractivity contribution in [1.82, 2.24) is 10.6 Å². The molecule has 2 rings (SSSR count). The minimum Gasteiger partial charge on any atom is -0.387 e. The summed E-state index contributed by atoms with van der Waals surface area (Å²) >= 11 is 7.94. The molecule has 0 spiro atoms. The first-order valence-corrected chi connectivity index (χ1v) is 8.93. The Morgan fingerprint density at radius 3 is 2.77 bits per heavy atom. The molecule has 122 valence electrons. The number of hydrogen-bond acceptors (Lipinski definition) is 3. The van der Waals surface area contributed by atoms with Gasteiger partial charge in [0.2, 0.25) is 0 Å². The van der Waals surface area contributed by atoms with Crippen molar-refractivity contribution in [3.63, 3.8) is 0 Å². The maximum absolute atomic E-state index is 11.9. The summed E-state index contributed by atoms with van der Waals surface area (Å²) in [6, 6.07) is 7.40. The normalized spacial score (nSPS) is 21.6. The second-order valence-electron chi connectivity index (χ2n) is 6.43. The Balaban J connectivity index is 1.84. The molecule has 1 aromatic carbocycles. The average molecular weight is 343 g/mol. The molecule has 0 radical (unpaired) electrons. The van der Waals surface area contributed by atoms with Gasteiger partial charge in [-0.2, -0.15) is 11.8 Å². The second kappa shape index (κ2) is 7.11. The van der Waals surface area contributed by atoms with E-state index in [0.717, 1.165) is 17.7 Å². The Morgan fingerprint density at radius 1 is 1.41 bits per heavy atom. The van der Waals surface area contributed by atoms with Crippen LogP contribution in [0.1, 0.15) is 25.8 Å². The smallest absolute Gasteiger partial charge is 0.314 e. The Kier molecular flexibility index (Phi) is 5.64. The molecule has 1 fully saturated rings. The second-order valence-corrected chi connectivity index (χ2v) is 7.94. The van der Waals surface area contributed by atoms with Crippen LogP contribution in [0.15, 0.2) is 24.3 Å². The van der Waals surface area contributed by atoms with Crippen LogP contribution in [0.3, 0.4) is 0 Å². The first-order chi connectivity index (χ1) is 10.3. The molecule has 1 saturated heterocycles. The Morgan fingerprint density at radius 2 is 2.14 bits per heavy atom. The van der Waals surface area contributed by atoms with Crippen molar-refractivity contribution in [2.24, 2.45) is 0 Å². The van der Waals surface area contributed by atoms with E-state index in [9.17, 15) is 9.90 Å². The van der Waals surface area contributed by atoms with Gasteiger partial charge in [-0.1, -0.05) is 43.6 Å². The fraction of sp³-hybridized carbons (Fsp3) is 0.562. The third-order valence-corrected chi connectivity index (χ3v) is 5.52. The average Bonchev–Trinajstić information content (AvgIpc) is 2.91. The fourth-order valence-corrected chi connectivity index (χ4v) is 4.14. The minimum atomic E-state index is -0.764. The lowest BCUT2D eigenvalue weighted by molar-refractivity contribution is 0.0699. The van der Waals surface area contributed by atoms with Crippen molar-refractivity contribution in [3.05, 3.63) is 34.9 Å². The van der Waals surface area contributed by atoms with Crippen LogP contribution in [-0.4, -0.2) is 41.3 Å². The summed E-state index contributed by atoms with van der Waals surface area (Å²) in [5.41, 5.74) is -0.0291. The summed E-state index contributed by atoms with van der Waals surface area (Å²) in [4.78, 5) is 11.9. The van der Waals surface area contributed by atoms with Gasteiger partial charge in [0.15, 0.2) is 0 Å². The first kappa shape index (κ1) is 17.4.